The van der Waals surface area contributed by atoms with E-state index in [-0.39, 0.29) is 5.97 Å². The fraction of sp³-hybridized carbons (Fsp3) is 0. The Morgan fingerprint density at radius 2 is 1.86 bits per heavy atom. The molecule has 1 heterocycles. The third-order valence-corrected chi connectivity index (χ3v) is 4.76. The third-order valence-electron chi connectivity index (χ3n) is 4.00. The summed E-state index contributed by atoms with van der Waals surface area (Å²) in [4.78, 5) is 16.6. The highest BCUT2D eigenvalue weighted by molar-refractivity contribution is 7.14. The van der Waals surface area contributed by atoms with Gasteiger partial charge in [0.15, 0.2) is 0 Å². The van der Waals surface area contributed by atoms with Gasteiger partial charge in [0.25, 0.3) is 0 Å². The lowest BCUT2D eigenvalue weighted by atomic mass is 10.0. The number of hydrogen-bond donors (Lipinski definition) is 2. The van der Waals surface area contributed by atoms with Crippen LogP contribution in [0.15, 0.2) is 77.2 Å². The van der Waals surface area contributed by atoms with Crippen LogP contribution in [0.3, 0.4) is 0 Å². The summed E-state index contributed by atoms with van der Waals surface area (Å²) in [6, 6.07) is 20.4. The number of hydrazone groups is 1. The molecule has 0 saturated carbocycles. The first-order chi connectivity index (χ1) is 13.7. The van der Waals surface area contributed by atoms with E-state index in [0.717, 1.165) is 16.3 Å². The highest BCUT2D eigenvalue weighted by Crippen LogP contribution is 2.21. The number of aromatic nitrogens is 1. The summed E-state index contributed by atoms with van der Waals surface area (Å²) in [7, 11) is 0. The minimum Gasteiger partial charge on any atom is -0.423 e. The van der Waals surface area contributed by atoms with Gasteiger partial charge in [0.1, 0.15) is 11.6 Å². The van der Waals surface area contributed by atoms with E-state index in [2.05, 4.69) is 15.5 Å². The summed E-state index contributed by atoms with van der Waals surface area (Å²) in [6.45, 7) is 0. The number of carbonyl (C=O) groups is 1. The van der Waals surface area contributed by atoms with Gasteiger partial charge in [0.2, 0.25) is 5.13 Å². The van der Waals surface area contributed by atoms with E-state index in [1.165, 1.54) is 11.3 Å². The van der Waals surface area contributed by atoms with Gasteiger partial charge in [0.05, 0.1) is 11.8 Å². The van der Waals surface area contributed by atoms with Gasteiger partial charge in [-0.1, -0.05) is 36.4 Å². The first-order valence-electron chi connectivity index (χ1n) is 8.49. The molecule has 6 nitrogen and oxygen atoms in total. The Hall–Kier alpha value is -3.71. The molecule has 0 amide bonds. The number of ether oxygens (including phenoxy) is 1. The first-order valence-corrected chi connectivity index (χ1v) is 9.37. The van der Waals surface area contributed by atoms with Crippen molar-refractivity contribution in [3.8, 4) is 5.75 Å². The molecule has 0 radical (unpaired) electrons. The maximum atomic E-state index is 12.6. The van der Waals surface area contributed by atoms with Crippen LogP contribution in [-0.4, -0.2) is 17.2 Å². The first kappa shape index (κ1) is 17.7. The lowest BCUT2D eigenvalue weighted by molar-refractivity contribution is 0.0737. The molecule has 4 rings (SSSR count). The molecule has 7 heteroatoms. The monoisotopic (exact) mass is 388 g/mol. The minimum atomic E-state index is -0.388. The molecule has 3 aromatic carbocycles. The number of nitrogen functional groups attached to an aromatic ring is 1. The van der Waals surface area contributed by atoms with Crippen molar-refractivity contribution in [1.82, 2.24) is 4.98 Å². The van der Waals surface area contributed by atoms with Gasteiger partial charge >= 0.3 is 5.97 Å². The average molecular weight is 388 g/mol. The maximum Gasteiger partial charge on any atom is 0.344 e. The van der Waals surface area contributed by atoms with E-state index in [4.69, 9.17) is 10.5 Å². The largest absolute Gasteiger partial charge is 0.423 e. The van der Waals surface area contributed by atoms with Crippen molar-refractivity contribution >= 4 is 45.2 Å². The van der Waals surface area contributed by atoms with E-state index in [1.54, 1.807) is 29.8 Å². The predicted octanol–water partition coefficient (Wildman–Crippen LogP) is 4.54. The Balaban J connectivity index is 1.43. The maximum absolute atomic E-state index is 12.6. The van der Waals surface area contributed by atoms with Crippen molar-refractivity contribution in [1.29, 1.82) is 0 Å². The molecule has 3 N–H and O–H groups in total. The lowest BCUT2D eigenvalue weighted by Gasteiger charge is -2.07. The second-order valence-corrected chi connectivity index (χ2v) is 6.79. The normalized spacial score (nSPS) is 11.0. The molecule has 0 aliphatic heterocycles. The number of nitrogens with two attached hydrogens (primary N) is 1. The molecular formula is C21H16N4O2S. The molecule has 28 heavy (non-hydrogen) atoms. The van der Waals surface area contributed by atoms with Crippen LogP contribution in [0.25, 0.3) is 10.8 Å². The number of rotatable bonds is 5. The second-order valence-electron chi connectivity index (χ2n) is 5.93. The highest BCUT2D eigenvalue weighted by atomic mass is 32.1. The van der Waals surface area contributed by atoms with Gasteiger partial charge in [-0.3, -0.25) is 5.43 Å². The fourth-order valence-corrected chi connectivity index (χ4v) is 3.24. The van der Waals surface area contributed by atoms with Crippen molar-refractivity contribution in [2.24, 2.45) is 5.10 Å². The minimum absolute atomic E-state index is 0.388. The smallest absolute Gasteiger partial charge is 0.344 e. The number of nitrogens with zero attached hydrogens (tertiary/aromatic N) is 2. The molecule has 0 unspecified atom stereocenters. The number of anilines is 2. The van der Waals surface area contributed by atoms with E-state index in [1.807, 2.05) is 48.5 Å². The molecule has 0 saturated heterocycles. The highest BCUT2D eigenvalue weighted by Gasteiger charge is 2.12. The van der Waals surface area contributed by atoms with Crippen LogP contribution in [0.1, 0.15) is 15.9 Å². The standard InChI is InChI=1S/C21H16N4O2S/c22-19-13-28-21(24-19)25-23-12-14-8-10-16(11-9-14)27-20(26)18-7-3-5-15-4-1-2-6-17(15)18/h1-13H,22H2,(H,24,25). The molecule has 0 fully saturated rings. The van der Waals surface area contributed by atoms with Crippen LogP contribution in [0.4, 0.5) is 10.9 Å². The zero-order valence-corrected chi connectivity index (χ0v) is 15.5. The van der Waals surface area contributed by atoms with Crippen molar-refractivity contribution in [3.05, 3.63) is 83.2 Å². The Morgan fingerprint density at radius 1 is 1.07 bits per heavy atom. The van der Waals surface area contributed by atoms with Crippen LogP contribution in [0, 0.1) is 0 Å². The van der Waals surface area contributed by atoms with Crippen LogP contribution in [-0.2, 0) is 0 Å². The average Bonchev–Trinajstić information content (AvgIpc) is 3.14. The quantitative estimate of drug-likeness (QED) is 0.227. The van der Waals surface area contributed by atoms with Crippen molar-refractivity contribution in [3.63, 3.8) is 0 Å². The summed E-state index contributed by atoms with van der Waals surface area (Å²) in [5.41, 5.74) is 9.75. The summed E-state index contributed by atoms with van der Waals surface area (Å²) in [5.74, 6) is 0.539. The molecule has 0 aliphatic carbocycles. The summed E-state index contributed by atoms with van der Waals surface area (Å²) in [5, 5.41) is 8.33. The number of hydrogen-bond acceptors (Lipinski definition) is 7. The van der Waals surface area contributed by atoms with Crippen molar-refractivity contribution in [2.45, 2.75) is 0 Å². The van der Waals surface area contributed by atoms with Gasteiger partial charge in [-0.2, -0.15) is 5.10 Å². The second kappa shape index (κ2) is 7.89. The van der Waals surface area contributed by atoms with Crippen molar-refractivity contribution in [2.75, 3.05) is 11.2 Å². The van der Waals surface area contributed by atoms with Gasteiger partial charge < -0.3 is 10.5 Å². The van der Waals surface area contributed by atoms with Crippen molar-refractivity contribution < 1.29 is 9.53 Å². The van der Waals surface area contributed by atoms with E-state index >= 15 is 0 Å². The molecule has 0 spiro atoms. The van der Waals surface area contributed by atoms with Gasteiger partial charge in [0, 0.05) is 5.38 Å². The lowest BCUT2D eigenvalue weighted by Crippen LogP contribution is -2.09. The number of benzene rings is 3. The molecule has 4 aromatic rings. The van der Waals surface area contributed by atoms with Crippen LogP contribution >= 0.6 is 11.3 Å². The van der Waals surface area contributed by atoms with E-state index < -0.39 is 0 Å². The van der Waals surface area contributed by atoms with Gasteiger partial charge in [-0.05, 0) is 46.7 Å². The molecule has 0 atom stereocenters. The SMILES string of the molecule is Nc1csc(NN=Cc2ccc(OC(=O)c3cccc4ccccc34)cc2)n1. The molecule has 0 aliphatic rings. The number of nitrogens with one attached hydrogen (secondary N) is 1. The Kier molecular flexibility index (Phi) is 4.99. The predicted molar refractivity (Wildman–Crippen MR) is 113 cm³/mol. The van der Waals surface area contributed by atoms with Gasteiger partial charge in [-0.25, -0.2) is 9.78 Å². The molecular weight excluding hydrogens is 372 g/mol. The number of thiazole rings is 1. The topological polar surface area (TPSA) is 89.6 Å². The number of carbonyl (C=O) groups excluding carboxylic acids is 1. The van der Waals surface area contributed by atoms with Crippen LogP contribution in [0.2, 0.25) is 0 Å². The van der Waals surface area contributed by atoms with E-state index in [9.17, 15) is 4.79 Å². The Bertz CT molecular complexity index is 1150. The summed E-state index contributed by atoms with van der Waals surface area (Å²) < 4.78 is 5.52. The Morgan fingerprint density at radius 3 is 2.64 bits per heavy atom. The third kappa shape index (κ3) is 3.99. The van der Waals surface area contributed by atoms with Gasteiger partial charge in [-0.15, -0.1) is 11.3 Å². The molecule has 138 valence electrons. The number of esters is 1. The Labute approximate surface area is 165 Å². The molecule has 1 aromatic heterocycles. The van der Waals surface area contributed by atoms with Crippen LogP contribution in [0.5, 0.6) is 5.75 Å². The van der Waals surface area contributed by atoms with E-state index in [0.29, 0.717) is 22.3 Å². The number of fused-ring (bicyclic) bond motifs is 1. The van der Waals surface area contributed by atoms with Crippen LogP contribution < -0.4 is 15.9 Å². The zero-order chi connectivity index (χ0) is 19.3. The molecule has 0 bridgehead atoms. The summed E-state index contributed by atoms with van der Waals surface area (Å²) >= 11 is 1.37. The summed E-state index contributed by atoms with van der Waals surface area (Å²) in [6.07, 6.45) is 1.65. The zero-order valence-electron chi connectivity index (χ0n) is 14.7. The fourth-order valence-electron chi connectivity index (χ4n) is 2.69.